The van der Waals surface area contributed by atoms with Gasteiger partial charge in [0.05, 0.1) is 10.7 Å². The fourth-order valence-electron chi connectivity index (χ4n) is 1.59. The Labute approximate surface area is 109 Å². The summed E-state index contributed by atoms with van der Waals surface area (Å²) < 4.78 is 0. The third-order valence-corrected chi connectivity index (χ3v) is 3.09. The summed E-state index contributed by atoms with van der Waals surface area (Å²) in [5, 5.41) is 0.765. The second-order valence-electron chi connectivity index (χ2n) is 4.72. The third kappa shape index (κ3) is 4.19. The van der Waals surface area contributed by atoms with Gasteiger partial charge in [-0.3, -0.25) is 0 Å². The molecule has 1 atom stereocenters. The average molecular weight is 256 g/mol. The molecule has 1 aromatic carbocycles. The Morgan fingerprint density at radius 3 is 2.35 bits per heavy atom. The van der Waals surface area contributed by atoms with E-state index < -0.39 is 0 Å². The van der Waals surface area contributed by atoms with Crippen LogP contribution in [0.4, 0.5) is 5.69 Å². The topological polar surface area (TPSA) is 32.5 Å². The lowest BCUT2D eigenvalue weighted by atomic mass is 10.1. The van der Waals surface area contributed by atoms with Crippen molar-refractivity contribution < 1.29 is 0 Å². The molecule has 0 saturated heterocycles. The van der Waals surface area contributed by atoms with E-state index in [2.05, 4.69) is 30.9 Å². The van der Waals surface area contributed by atoms with Crippen molar-refractivity contribution in [2.75, 3.05) is 39.1 Å². The lowest BCUT2D eigenvalue weighted by Gasteiger charge is -2.23. The highest BCUT2D eigenvalue weighted by molar-refractivity contribution is 6.33. The number of nitrogens with two attached hydrogens (primary N) is 1. The van der Waals surface area contributed by atoms with Gasteiger partial charge in [-0.1, -0.05) is 17.7 Å². The van der Waals surface area contributed by atoms with Gasteiger partial charge in [-0.25, -0.2) is 0 Å². The van der Waals surface area contributed by atoms with Gasteiger partial charge in [0.25, 0.3) is 0 Å². The second kappa shape index (κ2) is 6.24. The van der Waals surface area contributed by atoms with Gasteiger partial charge in [0.1, 0.15) is 0 Å². The minimum atomic E-state index is 0.0219. The van der Waals surface area contributed by atoms with Crippen LogP contribution in [0.1, 0.15) is 18.5 Å². The van der Waals surface area contributed by atoms with Crippen molar-refractivity contribution in [2.45, 2.75) is 13.0 Å². The van der Waals surface area contributed by atoms with Crippen molar-refractivity contribution in [3.05, 3.63) is 28.8 Å². The van der Waals surface area contributed by atoms with Crippen LogP contribution in [-0.2, 0) is 0 Å². The highest BCUT2D eigenvalue weighted by atomic mass is 35.5. The van der Waals surface area contributed by atoms with Gasteiger partial charge < -0.3 is 15.5 Å². The van der Waals surface area contributed by atoms with E-state index in [0.29, 0.717) is 0 Å². The minimum Gasteiger partial charge on any atom is -0.372 e. The smallest absolute Gasteiger partial charge is 0.0642 e. The van der Waals surface area contributed by atoms with Crippen LogP contribution >= 0.6 is 11.6 Å². The Morgan fingerprint density at radius 2 is 1.88 bits per heavy atom. The molecule has 2 N–H and O–H groups in total. The van der Waals surface area contributed by atoms with Gasteiger partial charge in [-0.15, -0.1) is 0 Å². The molecule has 0 aliphatic heterocycles. The van der Waals surface area contributed by atoms with Crippen LogP contribution in [0.3, 0.4) is 0 Å². The van der Waals surface area contributed by atoms with Crippen LogP contribution in [0.15, 0.2) is 18.2 Å². The summed E-state index contributed by atoms with van der Waals surface area (Å²) in [7, 11) is 6.18. The predicted octanol–water partition coefficient (Wildman–Crippen LogP) is 2.36. The standard InChI is InChI=1S/C13H22ClN3/c1-10(15)11-5-6-13(12(14)9-11)17(4)8-7-16(2)3/h5-6,9-10H,7-8,15H2,1-4H3/t10-/m0/s1. The Kier molecular flexibility index (Phi) is 5.25. The summed E-state index contributed by atoms with van der Waals surface area (Å²) >= 11 is 6.27. The quantitative estimate of drug-likeness (QED) is 0.877. The molecule has 0 aliphatic rings. The van der Waals surface area contributed by atoms with Gasteiger partial charge in [0.15, 0.2) is 0 Å². The van der Waals surface area contributed by atoms with Crippen molar-refractivity contribution in [1.29, 1.82) is 0 Å². The zero-order valence-corrected chi connectivity index (χ0v) is 11.8. The molecular formula is C13H22ClN3. The van der Waals surface area contributed by atoms with Crippen LogP contribution in [0.5, 0.6) is 0 Å². The SMILES string of the molecule is C[C@H](N)c1ccc(N(C)CCN(C)C)c(Cl)c1. The third-order valence-electron chi connectivity index (χ3n) is 2.79. The molecule has 3 nitrogen and oxygen atoms in total. The summed E-state index contributed by atoms with van der Waals surface area (Å²) in [4.78, 5) is 4.31. The number of hydrogen-bond donors (Lipinski definition) is 1. The van der Waals surface area contributed by atoms with E-state index >= 15 is 0 Å². The first-order chi connectivity index (χ1) is 7.91. The first-order valence-electron chi connectivity index (χ1n) is 5.82. The first kappa shape index (κ1) is 14.3. The molecule has 0 radical (unpaired) electrons. The summed E-state index contributed by atoms with van der Waals surface area (Å²) in [6.45, 7) is 3.91. The molecule has 0 spiro atoms. The van der Waals surface area contributed by atoms with Gasteiger partial charge >= 0.3 is 0 Å². The summed E-state index contributed by atoms with van der Waals surface area (Å²) in [6.07, 6.45) is 0. The number of benzene rings is 1. The molecule has 0 aromatic heterocycles. The first-order valence-corrected chi connectivity index (χ1v) is 6.20. The van der Waals surface area contributed by atoms with Crippen LogP contribution < -0.4 is 10.6 Å². The normalized spacial score (nSPS) is 12.9. The molecule has 17 heavy (non-hydrogen) atoms. The van der Waals surface area contributed by atoms with Crippen molar-refractivity contribution in [3.63, 3.8) is 0 Å². The molecule has 1 aromatic rings. The van der Waals surface area contributed by atoms with Crippen LogP contribution in [0, 0.1) is 0 Å². The Bertz CT molecular complexity index is 364. The average Bonchev–Trinajstić information content (AvgIpc) is 2.25. The molecule has 0 amide bonds. The van der Waals surface area contributed by atoms with Gasteiger partial charge in [-0.2, -0.15) is 0 Å². The Morgan fingerprint density at radius 1 is 1.24 bits per heavy atom. The zero-order chi connectivity index (χ0) is 13.0. The Hall–Kier alpha value is -0.770. The van der Waals surface area contributed by atoms with Crippen molar-refractivity contribution >= 4 is 17.3 Å². The Balaban J connectivity index is 2.77. The second-order valence-corrected chi connectivity index (χ2v) is 5.13. The zero-order valence-electron chi connectivity index (χ0n) is 11.1. The van der Waals surface area contributed by atoms with Crippen molar-refractivity contribution in [1.82, 2.24) is 4.90 Å². The van der Waals surface area contributed by atoms with E-state index in [1.807, 2.05) is 25.1 Å². The molecule has 4 heteroatoms. The number of anilines is 1. The maximum atomic E-state index is 6.27. The molecule has 0 heterocycles. The molecule has 0 fully saturated rings. The monoisotopic (exact) mass is 255 g/mol. The molecule has 96 valence electrons. The largest absolute Gasteiger partial charge is 0.372 e. The summed E-state index contributed by atoms with van der Waals surface area (Å²) in [5.74, 6) is 0. The molecule has 0 saturated carbocycles. The highest BCUT2D eigenvalue weighted by Crippen LogP contribution is 2.27. The molecule has 0 bridgehead atoms. The van der Waals surface area contributed by atoms with Crippen LogP contribution in [-0.4, -0.2) is 39.1 Å². The number of hydrogen-bond acceptors (Lipinski definition) is 3. The van der Waals surface area contributed by atoms with E-state index in [1.165, 1.54) is 0 Å². The summed E-state index contributed by atoms with van der Waals surface area (Å²) in [5.41, 5.74) is 7.95. The highest BCUT2D eigenvalue weighted by Gasteiger charge is 2.08. The van der Waals surface area contributed by atoms with Gasteiger partial charge in [0, 0.05) is 26.2 Å². The number of nitrogens with zero attached hydrogens (tertiary/aromatic N) is 2. The molecule has 1 rings (SSSR count). The minimum absolute atomic E-state index is 0.0219. The van der Waals surface area contributed by atoms with E-state index in [-0.39, 0.29) is 6.04 Å². The fourth-order valence-corrected chi connectivity index (χ4v) is 1.92. The van der Waals surface area contributed by atoms with E-state index in [9.17, 15) is 0 Å². The predicted molar refractivity (Wildman–Crippen MR) is 75.9 cm³/mol. The van der Waals surface area contributed by atoms with Crippen LogP contribution in [0.2, 0.25) is 5.02 Å². The van der Waals surface area contributed by atoms with Crippen molar-refractivity contribution in [3.8, 4) is 0 Å². The van der Waals surface area contributed by atoms with Crippen LogP contribution in [0.25, 0.3) is 0 Å². The van der Waals surface area contributed by atoms with E-state index in [1.54, 1.807) is 0 Å². The fraction of sp³-hybridized carbons (Fsp3) is 0.538. The lowest BCUT2D eigenvalue weighted by molar-refractivity contribution is 0.416. The number of rotatable bonds is 5. The molecule has 0 aliphatic carbocycles. The molecule has 0 unspecified atom stereocenters. The number of halogens is 1. The maximum Gasteiger partial charge on any atom is 0.0642 e. The van der Waals surface area contributed by atoms with E-state index in [0.717, 1.165) is 29.4 Å². The maximum absolute atomic E-state index is 6.27. The van der Waals surface area contributed by atoms with Crippen molar-refractivity contribution in [2.24, 2.45) is 5.73 Å². The van der Waals surface area contributed by atoms with E-state index in [4.69, 9.17) is 17.3 Å². The van der Waals surface area contributed by atoms with Gasteiger partial charge in [-0.05, 0) is 38.7 Å². The molecular weight excluding hydrogens is 234 g/mol. The van der Waals surface area contributed by atoms with Gasteiger partial charge in [0.2, 0.25) is 0 Å². The number of likely N-dealkylation sites (N-methyl/N-ethyl adjacent to an activating group) is 2. The summed E-state index contributed by atoms with van der Waals surface area (Å²) in [6, 6.07) is 6.05. The lowest BCUT2D eigenvalue weighted by Crippen LogP contribution is -2.28.